The molecule has 0 radical (unpaired) electrons. The average Bonchev–Trinajstić information content (AvgIpc) is 3.19. The predicted molar refractivity (Wildman–Crippen MR) is 245 cm³/mol. The van der Waals surface area contributed by atoms with Gasteiger partial charge >= 0.3 is 11.9 Å². The van der Waals surface area contributed by atoms with Crippen molar-refractivity contribution in [3.63, 3.8) is 0 Å². The van der Waals surface area contributed by atoms with Gasteiger partial charge in [0.05, 0.1) is 40.3 Å². The molecule has 0 aromatic heterocycles. The molecule has 8 heteroatoms. The first kappa shape index (κ1) is 55.5. The quantitative estimate of drug-likeness (QED) is 0.0199. The average molecular weight is 824 g/mol. The Kier molecular flexibility index (Phi) is 38.8. The minimum atomic E-state index is -1.14. The normalized spacial score (nSPS) is 13.7. The van der Waals surface area contributed by atoms with Crippen LogP contribution in [0.3, 0.4) is 0 Å². The fourth-order valence-corrected chi connectivity index (χ4v) is 6.31. The Morgan fingerprint density at radius 1 is 0.542 bits per heavy atom. The van der Waals surface area contributed by atoms with E-state index in [1.165, 1.54) is 83.5 Å². The summed E-state index contributed by atoms with van der Waals surface area (Å²) in [5.74, 6) is -1.85. The van der Waals surface area contributed by atoms with Crippen molar-refractivity contribution in [2.45, 2.75) is 180 Å². The van der Waals surface area contributed by atoms with E-state index >= 15 is 0 Å². The van der Waals surface area contributed by atoms with E-state index in [2.05, 4.69) is 44.2 Å². The number of allylic oxidation sites excluding steroid dienone is 14. The molecule has 59 heavy (non-hydrogen) atoms. The second-order valence-corrected chi connectivity index (χ2v) is 16.4. The van der Waals surface area contributed by atoms with Crippen LogP contribution in [0.2, 0.25) is 0 Å². The van der Waals surface area contributed by atoms with Gasteiger partial charge in [0.15, 0.2) is 6.10 Å². The molecule has 0 fully saturated rings. The van der Waals surface area contributed by atoms with E-state index in [0.29, 0.717) is 19.3 Å². The van der Waals surface area contributed by atoms with Crippen molar-refractivity contribution in [1.82, 2.24) is 0 Å². The number of unbranched alkanes of at least 4 members (excludes halogenated alkanes) is 16. The van der Waals surface area contributed by atoms with E-state index in [4.69, 9.17) is 14.2 Å². The number of likely N-dealkylation sites (N-methyl/N-ethyl adjacent to an activating group) is 1. The van der Waals surface area contributed by atoms with Crippen molar-refractivity contribution in [3.05, 3.63) is 85.1 Å². The van der Waals surface area contributed by atoms with Crippen molar-refractivity contribution < 1.29 is 38.2 Å². The highest BCUT2D eigenvalue weighted by Crippen LogP contribution is 2.13. The molecule has 336 valence electrons. The van der Waals surface area contributed by atoms with E-state index in [1.54, 1.807) is 21.1 Å². The summed E-state index contributed by atoms with van der Waals surface area (Å²) in [4.78, 5) is 36.8. The molecule has 0 amide bonds. The van der Waals surface area contributed by atoms with Crippen LogP contribution in [0.25, 0.3) is 0 Å². The molecule has 0 heterocycles. The Morgan fingerprint density at radius 3 is 1.58 bits per heavy atom. The fraction of sp³-hybridized carbons (Fsp3) is 0.667. The molecule has 2 atom stereocenters. The minimum absolute atomic E-state index is 0.00443. The number of esters is 2. The van der Waals surface area contributed by atoms with Crippen molar-refractivity contribution in [1.29, 1.82) is 0 Å². The molecule has 0 saturated carbocycles. The van der Waals surface area contributed by atoms with Gasteiger partial charge in [-0.2, -0.15) is 0 Å². The van der Waals surface area contributed by atoms with Crippen LogP contribution in [0.15, 0.2) is 85.1 Å². The highest BCUT2D eigenvalue weighted by atomic mass is 16.6. The number of aliphatic carboxylic acids is 1. The molecule has 8 nitrogen and oxygen atoms in total. The lowest BCUT2D eigenvalue weighted by Gasteiger charge is -2.34. The monoisotopic (exact) mass is 824 g/mol. The largest absolute Gasteiger partial charge is 0.544 e. The van der Waals surface area contributed by atoms with Crippen LogP contribution in [-0.2, 0) is 28.6 Å². The smallest absolute Gasteiger partial charge is 0.306 e. The Bertz CT molecular complexity index is 1240. The summed E-state index contributed by atoms with van der Waals surface area (Å²) >= 11 is 0. The highest BCUT2D eigenvalue weighted by Gasteiger charge is 2.25. The van der Waals surface area contributed by atoms with Crippen LogP contribution in [0.1, 0.15) is 168 Å². The van der Waals surface area contributed by atoms with Crippen molar-refractivity contribution >= 4 is 17.9 Å². The predicted octanol–water partition coefficient (Wildman–Crippen LogP) is 11.6. The number of quaternary nitrogens is 1. The highest BCUT2D eigenvalue weighted by molar-refractivity contribution is 5.70. The zero-order valence-corrected chi connectivity index (χ0v) is 38.1. The van der Waals surface area contributed by atoms with Crippen molar-refractivity contribution in [3.8, 4) is 0 Å². The lowest BCUT2D eigenvalue weighted by molar-refractivity contribution is -0.889. The first-order valence-corrected chi connectivity index (χ1v) is 23.2. The van der Waals surface area contributed by atoms with E-state index in [-0.39, 0.29) is 43.1 Å². The maximum Gasteiger partial charge on any atom is 0.306 e. The van der Waals surface area contributed by atoms with Crippen LogP contribution in [0, 0.1) is 0 Å². The fourth-order valence-electron chi connectivity index (χ4n) is 6.31. The summed E-state index contributed by atoms with van der Waals surface area (Å²) < 4.78 is 17.1. The molecule has 0 bridgehead atoms. The van der Waals surface area contributed by atoms with Crippen molar-refractivity contribution in [2.24, 2.45) is 0 Å². The summed E-state index contributed by atoms with van der Waals surface area (Å²) in [6, 6.07) is -0.744. The zero-order valence-electron chi connectivity index (χ0n) is 38.1. The third kappa shape index (κ3) is 39.7. The number of carboxylic acids is 1. The van der Waals surface area contributed by atoms with Crippen LogP contribution in [0.5, 0.6) is 0 Å². The molecular formula is C51H85NO7. The Morgan fingerprint density at radius 2 is 1.03 bits per heavy atom. The molecular weight excluding hydrogens is 739 g/mol. The van der Waals surface area contributed by atoms with Crippen LogP contribution < -0.4 is 5.11 Å². The first-order chi connectivity index (χ1) is 28.6. The molecule has 2 unspecified atom stereocenters. The number of carbonyl (C=O) groups is 3. The van der Waals surface area contributed by atoms with E-state index in [9.17, 15) is 19.5 Å². The number of hydrogen-bond acceptors (Lipinski definition) is 7. The summed E-state index contributed by atoms with van der Waals surface area (Å²) in [7, 11) is 5.37. The lowest BCUT2D eigenvalue weighted by atomic mass is 10.1. The Balaban J connectivity index is 4.35. The van der Waals surface area contributed by atoms with Gasteiger partial charge in [0.25, 0.3) is 0 Å². The standard InChI is InChI=1S/C51H85NO7/c1-6-8-10-12-14-16-18-20-21-22-23-24-25-26-27-28-30-31-33-35-37-39-41-49(53)58-46-47(45-57-44-43-48(51(55)56)52(3,4)5)59-50(54)42-40-38-36-34-32-29-19-17-15-13-11-9-7-2/h9,11,13,15,17,19,22-23,25-26,29,32,34,36,47-48H,6-8,10,12,14,16,18,20-21,24,27-28,30-31,33,35,37-46H2,1-5H3/b11-9+,15-13+,19-17+,23-22+,26-25+,32-29+,36-34+. The van der Waals surface area contributed by atoms with Gasteiger partial charge < -0.3 is 28.6 Å². The van der Waals surface area contributed by atoms with Gasteiger partial charge in [0.1, 0.15) is 12.6 Å². The Labute approximate surface area is 361 Å². The van der Waals surface area contributed by atoms with Gasteiger partial charge in [-0.15, -0.1) is 0 Å². The summed E-state index contributed by atoms with van der Waals surface area (Å²) in [5.41, 5.74) is 0. The number of rotatable bonds is 40. The van der Waals surface area contributed by atoms with E-state index in [0.717, 1.165) is 38.5 Å². The van der Waals surface area contributed by atoms with Crippen molar-refractivity contribution in [2.75, 3.05) is 41.0 Å². The van der Waals surface area contributed by atoms with E-state index in [1.807, 2.05) is 54.7 Å². The van der Waals surface area contributed by atoms with Gasteiger partial charge in [0.2, 0.25) is 0 Å². The number of carbonyl (C=O) groups excluding carboxylic acids is 3. The molecule has 0 rings (SSSR count). The topological polar surface area (TPSA) is 102 Å². The maximum absolute atomic E-state index is 12.7. The zero-order chi connectivity index (χ0) is 43.5. The van der Waals surface area contributed by atoms with E-state index < -0.39 is 24.1 Å². The molecule has 0 saturated heterocycles. The van der Waals surface area contributed by atoms with Crippen LogP contribution in [0.4, 0.5) is 0 Å². The molecule has 0 aliphatic carbocycles. The van der Waals surface area contributed by atoms with Crippen LogP contribution >= 0.6 is 0 Å². The Hall–Kier alpha value is -3.49. The van der Waals surface area contributed by atoms with Gasteiger partial charge in [-0.25, -0.2) is 0 Å². The van der Waals surface area contributed by atoms with Gasteiger partial charge in [-0.3, -0.25) is 9.59 Å². The number of nitrogens with zero attached hydrogens (tertiary/aromatic N) is 1. The number of carboxylic acid groups (broad SMARTS) is 1. The maximum atomic E-state index is 12.7. The number of hydrogen-bond donors (Lipinski definition) is 0. The molecule has 0 N–H and O–H groups in total. The lowest BCUT2D eigenvalue weighted by Crippen LogP contribution is -2.55. The summed E-state index contributed by atoms with van der Waals surface area (Å²) in [6.45, 7) is 4.41. The van der Waals surface area contributed by atoms with Gasteiger partial charge in [0, 0.05) is 19.3 Å². The van der Waals surface area contributed by atoms with Gasteiger partial charge in [-0.05, 0) is 57.8 Å². The van der Waals surface area contributed by atoms with Crippen LogP contribution in [-0.4, -0.2) is 75.5 Å². The summed E-state index contributed by atoms with van der Waals surface area (Å²) in [6.07, 6.45) is 53.5. The minimum Gasteiger partial charge on any atom is -0.544 e. The third-order valence-electron chi connectivity index (χ3n) is 9.89. The second-order valence-electron chi connectivity index (χ2n) is 16.4. The molecule has 0 aromatic rings. The third-order valence-corrected chi connectivity index (χ3v) is 9.89. The van der Waals surface area contributed by atoms with Gasteiger partial charge in [-0.1, -0.05) is 176 Å². The first-order valence-electron chi connectivity index (χ1n) is 23.2. The molecule has 0 spiro atoms. The number of ether oxygens (including phenoxy) is 3. The molecule has 0 aliphatic rings. The second kappa shape index (κ2) is 41.3. The SMILES string of the molecule is CC/C=C/C=C/C=C/C=C/C=C/CCCC(=O)OC(COCCC(C(=O)[O-])[N+](C)(C)C)COC(=O)CCCCCCCCC/C=C/C/C=C/CCCCCCCCCC. The molecule has 0 aromatic carbocycles. The summed E-state index contributed by atoms with van der Waals surface area (Å²) in [5, 5.41) is 11.6. The molecule has 0 aliphatic heterocycles.